The zero-order valence-corrected chi connectivity index (χ0v) is 14.9. The van der Waals surface area contributed by atoms with Gasteiger partial charge in [0.25, 0.3) is 11.8 Å². The second kappa shape index (κ2) is 8.03. The van der Waals surface area contributed by atoms with E-state index in [0.29, 0.717) is 24.3 Å². The summed E-state index contributed by atoms with van der Waals surface area (Å²) >= 11 is 0. The van der Waals surface area contributed by atoms with Gasteiger partial charge in [0, 0.05) is 6.54 Å². The van der Waals surface area contributed by atoms with Crippen molar-refractivity contribution < 1.29 is 23.8 Å². The van der Waals surface area contributed by atoms with Crippen LogP contribution in [0.3, 0.4) is 0 Å². The highest BCUT2D eigenvalue weighted by Gasteiger charge is 2.38. The van der Waals surface area contributed by atoms with E-state index < -0.39 is 17.6 Å². The van der Waals surface area contributed by atoms with Crippen LogP contribution in [0.1, 0.15) is 24.5 Å². The molecule has 0 fully saturated rings. The highest BCUT2D eigenvalue weighted by atomic mass is 19.1. The number of ether oxygens (including phenoxy) is 1. The highest BCUT2D eigenvalue weighted by molar-refractivity contribution is 6.34. The van der Waals surface area contributed by atoms with Crippen LogP contribution in [0.25, 0.3) is 5.57 Å². The van der Waals surface area contributed by atoms with Gasteiger partial charge in [0.05, 0.1) is 12.2 Å². The van der Waals surface area contributed by atoms with Crippen molar-refractivity contribution in [3.63, 3.8) is 0 Å². The van der Waals surface area contributed by atoms with Crippen LogP contribution in [0, 0.1) is 5.82 Å². The van der Waals surface area contributed by atoms with E-state index in [9.17, 15) is 19.1 Å². The molecule has 0 aromatic heterocycles. The van der Waals surface area contributed by atoms with Crippen LogP contribution in [0.2, 0.25) is 0 Å². The van der Waals surface area contributed by atoms with Gasteiger partial charge in [0.2, 0.25) is 0 Å². The predicted molar refractivity (Wildman–Crippen MR) is 98.6 cm³/mol. The lowest BCUT2D eigenvalue weighted by Crippen LogP contribution is -2.33. The number of hydrogen-bond acceptors (Lipinski definition) is 4. The molecule has 0 saturated heterocycles. The molecule has 0 atom stereocenters. The maximum absolute atomic E-state index is 13.0. The number of carbonyl (C=O) groups excluding carboxylic acids is 2. The van der Waals surface area contributed by atoms with Crippen molar-refractivity contribution in [3.05, 3.63) is 71.2 Å². The number of benzene rings is 2. The van der Waals surface area contributed by atoms with Crippen LogP contribution < -0.4 is 4.74 Å². The van der Waals surface area contributed by atoms with E-state index in [1.807, 2.05) is 6.92 Å². The van der Waals surface area contributed by atoms with Gasteiger partial charge in [-0.3, -0.25) is 14.5 Å². The number of nitrogens with zero attached hydrogens (tertiary/aromatic N) is 1. The summed E-state index contributed by atoms with van der Waals surface area (Å²) < 4.78 is 18.5. The van der Waals surface area contributed by atoms with Gasteiger partial charge in [0.15, 0.2) is 5.76 Å². The second-order valence-corrected chi connectivity index (χ2v) is 6.23. The monoisotopic (exact) mass is 369 g/mol. The van der Waals surface area contributed by atoms with Crippen LogP contribution in [0.4, 0.5) is 4.39 Å². The number of aliphatic hydroxyl groups excluding tert-OH is 1. The molecule has 1 N–H and O–H groups in total. The van der Waals surface area contributed by atoms with Crippen LogP contribution in [0.5, 0.6) is 5.75 Å². The molecule has 0 unspecified atom stereocenters. The van der Waals surface area contributed by atoms with Gasteiger partial charge in [-0.2, -0.15) is 0 Å². The first-order valence-electron chi connectivity index (χ1n) is 8.78. The van der Waals surface area contributed by atoms with E-state index in [2.05, 4.69) is 0 Å². The molecule has 0 radical (unpaired) electrons. The Morgan fingerprint density at radius 3 is 2.30 bits per heavy atom. The van der Waals surface area contributed by atoms with Gasteiger partial charge in [-0.25, -0.2) is 4.39 Å². The molecule has 1 aliphatic heterocycles. The van der Waals surface area contributed by atoms with E-state index in [1.165, 1.54) is 12.1 Å². The van der Waals surface area contributed by atoms with Crippen molar-refractivity contribution >= 4 is 17.4 Å². The van der Waals surface area contributed by atoms with Gasteiger partial charge in [-0.15, -0.1) is 0 Å². The third-order valence-corrected chi connectivity index (χ3v) is 4.30. The Labute approximate surface area is 156 Å². The minimum absolute atomic E-state index is 0.0128. The van der Waals surface area contributed by atoms with Gasteiger partial charge in [-0.1, -0.05) is 31.2 Å². The Kier molecular flexibility index (Phi) is 5.54. The first kappa shape index (κ1) is 18.6. The summed E-state index contributed by atoms with van der Waals surface area (Å²) in [5.41, 5.74) is 1.24. The fourth-order valence-corrected chi connectivity index (χ4v) is 2.86. The average Bonchev–Trinajstić information content (AvgIpc) is 2.89. The zero-order valence-electron chi connectivity index (χ0n) is 14.9. The Morgan fingerprint density at radius 1 is 1.00 bits per heavy atom. The molecular weight excluding hydrogens is 349 g/mol. The fraction of sp³-hybridized carbons (Fsp3) is 0.238. The number of carbonyl (C=O) groups is 2. The minimum atomic E-state index is -0.719. The van der Waals surface area contributed by atoms with Crippen molar-refractivity contribution in [2.75, 3.05) is 13.2 Å². The Bertz CT molecular complexity index is 872. The zero-order chi connectivity index (χ0) is 19.4. The molecule has 2 aromatic carbocycles. The second-order valence-electron chi connectivity index (χ2n) is 6.23. The van der Waals surface area contributed by atoms with E-state index >= 15 is 0 Å². The molecule has 0 spiro atoms. The molecule has 0 saturated carbocycles. The highest BCUT2D eigenvalue weighted by Crippen LogP contribution is 2.29. The number of imide groups is 1. The molecule has 140 valence electrons. The lowest BCUT2D eigenvalue weighted by Gasteiger charge is -2.14. The molecule has 3 rings (SSSR count). The summed E-state index contributed by atoms with van der Waals surface area (Å²) in [5.74, 6) is -1.50. The van der Waals surface area contributed by atoms with E-state index in [-0.39, 0.29) is 17.9 Å². The smallest absolute Gasteiger partial charge is 0.296 e. The molecule has 6 heteroatoms. The van der Waals surface area contributed by atoms with Crippen molar-refractivity contribution in [2.24, 2.45) is 0 Å². The first-order valence-corrected chi connectivity index (χ1v) is 8.78. The van der Waals surface area contributed by atoms with E-state index in [1.54, 1.807) is 36.4 Å². The molecule has 1 aliphatic rings. The maximum Gasteiger partial charge on any atom is 0.296 e. The minimum Gasteiger partial charge on any atom is -0.502 e. The third-order valence-electron chi connectivity index (χ3n) is 4.30. The van der Waals surface area contributed by atoms with E-state index in [4.69, 9.17) is 4.74 Å². The summed E-state index contributed by atoms with van der Waals surface area (Å²) in [6.45, 7) is 2.69. The molecule has 0 aliphatic carbocycles. The van der Waals surface area contributed by atoms with Crippen molar-refractivity contribution in [1.29, 1.82) is 0 Å². The van der Waals surface area contributed by atoms with Gasteiger partial charge < -0.3 is 9.84 Å². The molecule has 2 aromatic rings. The first-order chi connectivity index (χ1) is 13.0. The summed E-state index contributed by atoms with van der Waals surface area (Å²) in [6, 6.07) is 12.5. The summed E-state index contributed by atoms with van der Waals surface area (Å²) in [4.78, 5) is 26.0. The summed E-state index contributed by atoms with van der Waals surface area (Å²) in [5, 5.41) is 10.2. The molecule has 2 amide bonds. The average molecular weight is 369 g/mol. The van der Waals surface area contributed by atoms with Gasteiger partial charge in [-0.05, 0) is 48.2 Å². The molecular formula is C21H20FNO4. The standard InChI is InChI=1S/C21H20FNO4/c1-2-13-27-17-9-5-15(6-10-17)18-19(24)21(26)23(20(18)25)12-11-14-3-7-16(22)8-4-14/h3-10,24H,2,11-13H2,1H3. The number of aliphatic hydroxyl groups is 1. The largest absolute Gasteiger partial charge is 0.502 e. The Hall–Kier alpha value is -3.15. The molecule has 1 heterocycles. The van der Waals surface area contributed by atoms with Crippen molar-refractivity contribution in [3.8, 4) is 5.75 Å². The predicted octanol–water partition coefficient (Wildman–Crippen LogP) is 3.50. The number of halogens is 1. The number of rotatable bonds is 7. The Morgan fingerprint density at radius 2 is 1.67 bits per heavy atom. The van der Waals surface area contributed by atoms with Crippen LogP contribution in [-0.2, 0) is 16.0 Å². The molecule has 0 bridgehead atoms. The van der Waals surface area contributed by atoms with E-state index in [0.717, 1.165) is 16.9 Å². The fourth-order valence-electron chi connectivity index (χ4n) is 2.86. The van der Waals surface area contributed by atoms with Gasteiger partial charge >= 0.3 is 0 Å². The lowest BCUT2D eigenvalue weighted by molar-refractivity contribution is -0.138. The topological polar surface area (TPSA) is 66.8 Å². The summed E-state index contributed by atoms with van der Waals surface area (Å²) in [6.07, 6.45) is 1.26. The lowest BCUT2D eigenvalue weighted by atomic mass is 10.1. The Balaban J connectivity index is 1.72. The van der Waals surface area contributed by atoms with Crippen molar-refractivity contribution in [1.82, 2.24) is 4.90 Å². The third kappa shape index (κ3) is 4.00. The van der Waals surface area contributed by atoms with Crippen LogP contribution in [-0.4, -0.2) is 35.0 Å². The number of hydrogen-bond donors (Lipinski definition) is 1. The molecule has 5 nitrogen and oxygen atoms in total. The molecule has 27 heavy (non-hydrogen) atoms. The quantitative estimate of drug-likeness (QED) is 0.759. The van der Waals surface area contributed by atoms with Gasteiger partial charge in [0.1, 0.15) is 11.6 Å². The summed E-state index contributed by atoms with van der Waals surface area (Å²) in [7, 11) is 0. The van der Waals surface area contributed by atoms with Crippen LogP contribution >= 0.6 is 0 Å². The normalized spacial score (nSPS) is 14.2. The van der Waals surface area contributed by atoms with Crippen molar-refractivity contribution in [2.45, 2.75) is 19.8 Å². The maximum atomic E-state index is 13.0. The van der Waals surface area contributed by atoms with Crippen LogP contribution in [0.15, 0.2) is 54.3 Å². The number of amides is 2. The SMILES string of the molecule is CCCOc1ccc(C2=C(O)C(=O)N(CCc3ccc(F)cc3)C2=O)cc1.